The van der Waals surface area contributed by atoms with Crippen molar-refractivity contribution in [2.75, 3.05) is 12.3 Å². The summed E-state index contributed by atoms with van der Waals surface area (Å²) in [6.45, 7) is 1.14. The first-order valence-electron chi connectivity index (χ1n) is 5.19. The number of terminal acetylenes is 1. The molecule has 5 heteroatoms. The maximum atomic E-state index is 5.22. The van der Waals surface area contributed by atoms with Crippen LogP contribution in [-0.2, 0) is 0 Å². The van der Waals surface area contributed by atoms with Crippen molar-refractivity contribution in [3.8, 4) is 12.3 Å². The second-order valence-corrected chi connectivity index (χ2v) is 5.95. The van der Waals surface area contributed by atoms with Gasteiger partial charge in [-0.3, -0.25) is 5.43 Å². The molecule has 2 aliphatic heterocycles. The van der Waals surface area contributed by atoms with Gasteiger partial charge >= 0.3 is 0 Å². The number of nitrogens with zero attached hydrogens (tertiary/aromatic N) is 1. The van der Waals surface area contributed by atoms with E-state index < -0.39 is 0 Å². The summed E-state index contributed by atoms with van der Waals surface area (Å²) in [5.74, 6) is 3.32. The summed E-state index contributed by atoms with van der Waals surface area (Å²) in [5.41, 5.74) is 3.18. The molecule has 0 saturated carbocycles. The highest BCUT2D eigenvalue weighted by Crippen LogP contribution is 2.29. The standard InChI is InChI=1S/C10H15N3S2/c1-2-7-14-10-13-12-9(15-10)8-5-3-4-6-11-8/h1,8-9,11-12H,3-7H2. The third-order valence-corrected chi connectivity index (χ3v) is 4.78. The highest BCUT2D eigenvalue weighted by molar-refractivity contribution is 8.39. The van der Waals surface area contributed by atoms with Gasteiger partial charge in [0.05, 0.1) is 5.75 Å². The molecule has 15 heavy (non-hydrogen) atoms. The fourth-order valence-corrected chi connectivity index (χ4v) is 3.67. The summed E-state index contributed by atoms with van der Waals surface area (Å²) < 4.78 is 1.07. The molecular weight excluding hydrogens is 226 g/mol. The quantitative estimate of drug-likeness (QED) is 0.717. The minimum Gasteiger partial charge on any atom is -0.311 e. The number of hydrogen-bond acceptors (Lipinski definition) is 5. The zero-order valence-corrected chi connectivity index (χ0v) is 10.2. The Morgan fingerprint density at radius 1 is 1.60 bits per heavy atom. The third-order valence-electron chi connectivity index (χ3n) is 2.50. The van der Waals surface area contributed by atoms with Crippen molar-refractivity contribution >= 4 is 27.9 Å². The summed E-state index contributed by atoms with van der Waals surface area (Å²) in [4.78, 5) is 0. The van der Waals surface area contributed by atoms with E-state index in [2.05, 4.69) is 21.8 Å². The van der Waals surface area contributed by atoms with Crippen LogP contribution in [0, 0.1) is 12.3 Å². The van der Waals surface area contributed by atoms with Gasteiger partial charge in [-0.15, -0.1) is 6.42 Å². The van der Waals surface area contributed by atoms with Crippen molar-refractivity contribution in [3.05, 3.63) is 0 Å². The largest absolute Gasteiger partial charge is 0.311 e. The van der Waals surface area contributed by atoms with Crippen molar-refractivity contribution in [1.82, 2.24) is 10.7 Å². The van der Waals surface area contributed by atoms with E-state index in [1.54, 1.807) is 23.5 Å². The van der Waals surface area contributed by atoms with Gasteiger partial charge in [0, 0.05) is 6.04 Å². The Balaban J connectivity index is 1.76. The van der Waals surface area contributed by atoms with Crippen molar-refractivity contribution in [3.63, 3.8) is 0 Å². The fourth-order valence-electron chi connectivity index (χ4n) is 1.76. The lowest BCUT2D eigenvalue weighted by atomic mass is 10.1. The summed E-state index contributed by atoms with van der Waals surface area (Å²) in [7, 11) is 0. The average molecular weight is 241 g/mol. The van der Waals surface area contributed by atoms with Crippen LogP contribution in [0.4, 0.5) is 0 Å². The first kappa shape index (κ1) is 11.2. The van der Waals surface area contributed by atoms with Crippen LogP contribution < -0.4 is 10.7 Å². The normalized spacial score (nSPS) is 30.5. The fraction of sp³-hybridized carbons (Fsp3) is 0.700. The molecule has 2 heterocycles. The Bertz CT molecular complexity index is 279. The molecule has 2 atom stereocenters. The van der Waals surface area contributed by atoms with Gasteiger partial charge in [0.25, 0.3) is 0 Å². The first-order chi connectivity index (χ1) is 7.40. The number of thioether (sulfide) groups is 2. The van der Waals surface area contributed by atoms with Crippen LogP contribution in [0.15, 0.2) is 5.10 Å². The summed E-state index contributed by atoms with van der Waals surface area (Å²) >= 11 is 3.44. The lowest BCUT2D eigenvalue weighted by Gasteiger charge is -2.27. The molecule has 0 amide bonds. The number of hydrogen-bond donors (Lipinski definition) is 2. The van der Waals surface area contributed by atoms with Crippen LogP contribution in [0.5, 0.6) is 0 Å². The Morgan fingerprint density at radius 2 is 2.53 bits per heavy atom. The zero-order valence-electron chi connectivity index (χ0n) is 8.53. The van der Waals surface area contributed by atoms with Gasteiger partial charge in [0.2, 0.25) is 0 Å². The molecular formula is C10H15N3S2. The molecule has 0 aromatic heterocycles. The van der Waals surface area contributed by atoms with Gasteiger partial charge in [0.1, 0.15) is 5.37 Å². The first-order valence-corrected chi connectivity index (χ1v) is 7.06. The van der Waals surface area contributed by atoms with Gasteiger partial charge in [-0.1, -0.05) is 35.9 Å². The molecule has 0 aromatic carbocycles. The van der Waals surface area contributed by atoms with E-state index in [4.69, 9.17) is 6.42 Å². The SMILES string of the molecule is C#CCSC1=NNC(C2CCCCN2)S1. The predicted octanol–water partition coefficient (Wildman–Crippen LogP) is 1.43. The second kappa shape index (κ2) is 5.69. The minimum absolute atomic E-state index is 0.394. The van der Waals surface area contributed by atoms with Crippen molar-refractivity contribution < 1.29 is 0 Å². The maximum absolute atomic E-state index is 5.22. The van der Waals surface area contributed by atoms with Gasteiger partial charge in [0.15, 0.2) is 4.38 Å². The Morgan fingerprint density at radius 3 is 3.27 bits per heavy atom. The predicted molar refractivity (Wildman–Crippen MR) is 68.9 cm³/mol. The van der Waals surface area contributed by atoms with Gasteiger partial charge in [-0.2, -0.15) is 5.10 Å². The maximum Gasteiger partial charge on any atom is 0.152 e. The summed E-state index contributed by atoms with van der Waals surface area (Å²) in [5, 5.41) is 8.21. The van der Waals surface area contributed by atoms with Gasteiger partial charge in [-0.05, 0) is 19.4 Å². The van der Waals surface area contributed by atoms with Crippen LogP contribution >= 0.6 is 23.5 Å². The molecule has 0 spiro atoms. The highest BCUT2D eigenvalue weighted by atomic mass is 32.2. The van der Waals surface area contributed by atoms with Crippen LogP contribution in [0.25, 0.3) is 0 Å². The third kappa shape index (κ3) is 3.07. The van der Waals surface area contributed by atoms with Crippen LogP contribution in [-0.4, -0.2) is 28.1 Å². The van der Waals surface area contributed by atoms with E-state index in [9.17, 15) is 0 Å². The lowest BCUT2D eigenvalue weighted by molar-refractivity contribution is 0.372. The Labute approximate surface area is 99.2 Å². The summed E-state index contributed by atoms with van der Waals surface area (Å²) in [6, 6.07) is 0.552. The van der Waals surface area contributed by atoms with Crippen LogP contribution in [0.1, 0.15) is 19.3 Å². The van der Waals surface area contributed by atoms with Gasteiger partial charge < -0.3 is 5.32 Å². The van der Waals surface area contributed by atoms with E-state index >= 15 is 0 Å². The molecule has 1 fully saturated rings. The number of piperidine rings is 1. The van der Waals surface area contributed by atoms with Crippen molar-refractivity contribution in [2.24, 2.45) is 5.10 Å². The van der Waals surface area contributed by atoms with E-state index in [-0.39, 0.29) is 0 Å². The van der Waals surface area contributed by atoms with Crippen LogP contribution in [0.3, 0.4) is 0 Å². The molecule has 0 radical (unpaired) electrons. The van der Waals surface area contributed by atoms with Crippen molar-refractivity contribution in [2.45, 2.75) is 30.7 Å². The number of hydrazone groups is 1. The smallest absolute Gasteiger partial charge is 0.152 e. The molecule has 2 unspecified atom stereocenters. The average Bonchev–Trinajstić information content (AvgIpc) is 2.76. The van der Waals surface area contributed by atoms with E-state index in [0.29, 0.717) is 17.2 Å². The minimum atomic E-state index is 0.394. The molecule has 0 aromatic rings. The number of nitrogens with one attached hydrogen (secondary N) is 2. The second-order valence-electron chi connectivity index (χ2n) is 3.59. The molecule has 0 aliphatic carbocycles. The molecule has 2 rings (SSSR count). The van der Waals surface area contributed by atoms with E-state index in [1.165, 1.54) is 19.3 Å². The van der Waals surface area contributed by atoms with E-state index in [1.807, 2.05) is 0 Å². The molecule has 0 bridgehead atoms. The lowest BCUT2D eigenvalue weighted by Crippen LogP contribution is -2.45. The van der Waals surface area contributed by atoms with Crippen molar-refractivity contribution in [1.29, 1.82) is 0 Å². The highest BCUT2D eigenvalue weighted by Gasteiger charge is 2.28. The van der Waals surface area contributed by atoms with Crippen LogP contribution in [0.2, 0.25) is 0 Å². The Kier molecular flexibility index (Phi) is 4.24. The molecule has 3 nitrogen and oxygen atoms in total. The topological polar surface area (TPSA) is 36.4 Å². The zero-order chi connectivity index (χ0) is 10.5. The molecule has 2 N–H and O–H groups in total. The Hall–Kier alpha value is -0.310. The monoisotopic (exact) mass is 241 g/mol. The van der Waals surface area contributed by atoms with Gasteiger partial charge in [-0.25, -0.2) is 0 Å². The molecule has 1 saturated heterocycles. The molecule has 82 valence electrons. The van der Waals surface area contributed by atoms with E-state index in [0.717, 1.165) is 10.9 Å². The summed E-state index contributed by atoms with van der Waals surface area (Å²) in [6.07, 6.45) is 9.08. The molecule has 2 aliphatic rings. The number of rotatable bonds is 2.